The molecule has 1 atom stereocenters. The molecule has 1 fully saturated rings. The SMILES string of the molecule is CCCC(C)(O)CNC(=O)C1(N)CC1. The third kappa shape index (κ3) is 2.96. The fourth-order valence-electron chi connectivity index (χ4n) is 1.44. The summed E-state index contributed by atoms with van der Waals surface area (Å²) in [6.07, 6.45) is 3.10. The molecule has 0 aromatic heterocycles. The Balaban J connectivity index is 2.29. The highest BCUT2D eigenvalue weighted by molar-refractivity contribution is 5.88. The summed E-state index contributed by atoms with van der Waals surface area (Å²) in [5.41, 5.74) is 4.25. The Morgan fingerprint density at radius 1 is 1.64 bits per heavy atom. The van der Waals surface area contributed by atoms with E-state index in [1.165, 1.54) is 0 Å². The Bertz CT molecular complexity index is 222. The summed E-state index contributed by atoms with van der Waals surface area (Å²) < 4.78 is 0. The second kappa shape index (κ2) is 3.87. The third-order valence-corrected chi connectivity index (χ3v) is 2.66. The Morgan fingerprint density at radius 2 is 2.21 bits per heavy atom. The van der Waals surface area contributed by atoms with E-state index in [2.05, 4.69) is 5.32 Å². The maximum Gasteiger partial charge on any atom is 0.240 e. The van der Waals surface area contributed by atoms with Gasteiger partial charge in [-0.25, -0.2) is 0 Å². The van der Waals surface area contributed by atoms with E-state index >= 15 is 0 Å². The summed E-state index contributed by atoms with van der Waals surface area (Å²) in [6.45, 7) is 4.02. The number of carbonyl (C=O) groups is 1. The first-order valence-corrected chi connectivity index (χ1v) is 5.19. The van der Waals surface area contributed by atoms with Crippen LogP contribution in [0.1, 0.15) is 39.5 Å². The average molecular weight is 200 g/mol. The summed E-state index contributed by atoms with van der Waals surface area (Å²) in [6, 6.07) is 0. The van der Waals surface area contributed by atoms with Crippen LogP contribution in [0.25, 0.3) is 0 Å². The van der Waals surface area contributed by atoms with Crippen LogP contribution in [-0.4, -0.2) is 28.7 Å². The van der Waals surface area contributed by atoms with Crippen LogP contribution >= 0.6 is 0 Å². The smallest absolute Gasteiger partial charge is 0.240 e. The van der Waals surface area contributed by atoms with E-state index < -0.39 is 11.1 Å². The van der Waals surface area contributed by atoms with Crippen molar-refractivity contribution in [1.29, 1.82) is 0 Å². The van der Waals surface area contributed by atoms with Gasteiger partial charge in [0.1, 0.15) is 0 Å². The van der Waals surface area contributed by atoms with Crippen molar-refractivity contribution >= 4 is 5.91 Å². The Hall–Kier alpha value is -0.610. The molecule has 1 rings (SSSR count). The molecule has 0 aromatic rings. The first-order chi connectivity index (χ1) is 6.40. The van der Waals surface area contributed by atoms with E-state index in [1.807, 2.05) is 6.92 Å². The molecule has 0 saturated heterocycles. The van der Waals surface area contributed by atoms with E-state index in [-0.39, 0.29) is 5.91 Å². The van der Waals surface area contributed by atoms with Gasteiger partial charge in [-0.2, -0.15) is 0 Å². The van der Waals surface area contributed by atoms with Gasteiger partial charge in [0.2, 0.25) is 5.91 Å². The average Bonchev–Trinajstić information content (AvgIpc) is 2.81. The number of hydrogen-bond acceptors (Lipinski definition) is 3. The predicted octanol–water partition coefficient (Wildman–Crippen LogP) is 0.145. The highest BCUT2D eigenvalue weighted by Gasteiger charge is 2.46. The second-order valence-corrected chi connectivity index (χ2v) is 4.59. The van der Waals surface area contributed by atoms with Crippen molar-refractivity contribution in [3.8, 4) is 0 Å². The lowest BCUT2D eigenvalue weighted by Crippen LogP contribution is -2.48. The molecule has 0 aliphatic heterocycles. The van der Waals surface area contributed by atoms with Gasteiger partial charge in [0.25, 0.3) is 0 Å². The minimum Gasteiger partial charge on any atom is -0.388 e. The zero-order chi connectivity index (χ0) is 10.8. The zero-order valence-corrected chi connectivity index (χ0v) is 8.97. The van der Waals surface area contributed by atoms with E-state index in [9.17, 15) is 9.90 Å². The fourth-order valence-corrected chi connectivity index (χ4v) is 1.44. The van der Waals surface area contributed by atoms with Gasteiger partial charge in [-0.15, -0.1) is 0 Å². The number of nitrogens with two attached hydrogens (primary N) is 1. The first kappa shape index (κ1) is 11.5. The van der Waals surface area contributed by atoms with E-state index in [0.29, 0.717) is 13.0 Å². The summed E-state index contributed by atoms with van der Waals surface area (Å²) >= 11 is 0. The minimum absolute atomic E-state index is 0.131. The normalized spacial score (nSPS) is 22.6. The molecule has 14 heavy (non-hydrogen) atoms. The van der Waals surface area contributed by atoms with Crippen LogP contribution in [-0.2, 0) is 4.79 Å². The van der Waals surface area contributed by atoms with Gasteiger partial charge in [-0.3, -0.25) is 4.79 Å². The monoisotopic (exact) mass is 200 g/mol. The van der Waals surface area contributed by atoms with Crippen molar-refractivity contribution in [2.24, 2.45) is 5.73 Å². The van der Waals surface area contributed by atoms with Crippen LogP contribution in [0.2, 0.25) is 0 Å². The largest absolute Gasteiger partial charge is 0.388 e. The molecule has 1 amide bonds. The first-order valence-electron chi connectivity index (χ1n) is 5.19. The summed E-state index contributed by atoms with van der Waals surface area (Å²) in [5, 5.41) is 12.5. The van der Waals surface area contributed by atoms with E-state index in [1.54, 1.807) is 6.92 Å². The van der Waals surface area contributed by atoms with Gasteiger partial charge in [0.05, 0.1) is 11.1 Å². The van der Waals surface area contributed by atoms with Crippen LogP contribution < -0.4 is 11.1 Å². The van der Waals surface area contributed by atoms with Gasteiger partial charge in [0.15, 0.2) is 0 Å². The molecule has 1 aliphatic carbocycles. The Kier molecular flexibility index (Phi) is 3.17. The van der Waals surface area contributed by atoms with Crippen LogP contribution in [0.4, 0.5) is 0 Å². The van der Waals surface area contributed by atoms with Crippen molar-refractivity contribution in [3.63, 3.8) is 0 Å². The standard InChI is InChI=1S/C10H20N2O2/c1-3-4-9(2,14)7-12-8(13)10(11)5-6-10/h14H,3-7,11H2,1-2H3,(H,12,13). The van der Waals surface area contributed by atoms with E-state index in [4.69, 9.17) is 5.73 Å². The number of rotatable bonds is 5. The Morgan fingerprint density at radius 3 is 2.64 bits per heavy atom. The molecule has 0 heterocycles. The topological polar surface area (TPSA) is 75.3 Å². The number of aliphatic hydroxyl groups is 1. The van der Waals surface area contributed by atoms with Crippen LogP contribution in [0, 0.1) is 0 Å². The highest BCUT2D eigenvalue weighted by atomic mass is 16.3. The summed E-state index contributed by atoms with van der Waals surface area (Å²) in [4.78, 5) is 11.4. The van der Waals surface area contributed by atoms with Crippen molar-refractivity contribution in [3.05, 3.63) is 0 Å². The molecule has 1 aliphatic rings. The summed E-state index contributed by atoms with van der Waals surface area (Å²) in [7, 11) is 0. The van der Waals surface area contributed by atoms with Gasteiger partial charge in [-0.05, 0) is 26.2 Å². The van der Waals surface area contributed by atoms with Gasteiger partial charge in [0, 0.05) is 6.54 Å². The Labute approximate surface area is 84.9 Å². The molecular formula is C10H20N2O2. The number of nitrogens with one attached hydrogen (secondary N) is 1. The van der Waals surface area contributed by atoms with E-state index in [0.717, 1.165) is 19.3 Å². The molecule has 4 N–H and O–H groups in total. The molecule has 0 radical (unpaired) electrons. The molecule has 4 heteroatoms. The maximum atomic E-state index is 11.4. The van der Waals surface area contributed by atoms with Gasteiger partial charge < -0.3 is 16.2 Å². The molecule has 1 saturated carbocycles. The lowest BCUT2D eigenvalue weighted by molar-refractivity contribution is -0.124. The molecule has 0 bridgehead atoms. The number of amides is 1. The summed E-state index contributed by atoms with van der Waals surface area (Å²) in [5.74, 6) is -0.131. The van der Waals surface area contributed by atoms with Crippen molar-refractivity contribution in [2.75, 3.05) is 6.54 Å². The van der Waals surface area contributed by atoms with Crippen molar-refractivity contribution < 1.29 is 9.90 Å². The van der Waals surface area contributed by atoms with Crippen molar-refractivity contribution in [2.45, 2.75) is 50.7 Å². The fraction of sp³-hybridized carbons (Fsp3) is 0.900. The van der Waals surface area contributed by atoms with Gasteiger partial charge in [-0.1, -0.05) is 13.3 Å². The lowest BCUT2D eigenvalue weighted by atomic mass is 10.0. The van der Waals surface area contributed by atoms with Crippen LogP contribution in [0.5, 0.6) is 0 Å². The highest BCUT2D eigenvalue weighted by Crippen LogP contribution is 2.32. The lowest BCUT2D eigenvalue weighted by Gasteiger charge is -2.23. The van der Waals surface area contributed by atoms with Crippen LogP contribution in [0.3, 0.4) is 0 Å². The maximum absolute atomic E-state index is 11.4. The third-order valence-electron chi connectivity index (χ3n) is 2.66. The van der Waals surface area contributed by atoms with Gasteiger partial charge >= 0.3 is 0 Å². The molecule has 0 aromatic carbocycles. The quantitative estimate of drug-likeness (QED) is 0.591. The molecular weight excluding hydrogens is 180 g/mol. The molecule has 82 valence electrons. The minimum atomic E-state index is -0.810. The molecule has 4 nitrogen and oxygen atoms in total. The van der Waals surface area contributed by atoms with Crippen molar-refractivity contribution in [1.82, 2.24) is 5.32 Å². The predicted molar refractivity (Wildman–Crippen MR) is 54.7 cm³/mol. The zero-order valence-electron chi connectivity index (χ0n) is 8.97. The molecule has 1 unspecified atom stereocenters. The number of carbonyl (C=O) groups excluding carboxylic acids is 1. The second-order valence-electron chi connectivity index (χ2n) is 4.59. The van der Waals surface area contributed by atoms with Crippen LogP contribution in [0.15, 0.2) is 0 Å². The number of hydrogen-bond donors (Lipinski definition) is 3. The molecule has 0 spiro atoms.